The normalized spacial score (nSPS) is 25.7. The Morgan fingerprint density at radius 3 is 2.53 bits per heavy atom. The molecular weight excluding hydrogens is 192 g/mol. The molecule has 0 spiro atoms. The summed E-state index contributed by atoms with van der Waals surface area (Å²) in [5, 5.41) is 19.9. The average Bonchev–Trinajstić information content (AvgIpc) is 2.83. The lowest BCUT2D eigenvalue weighted by Gasteiger charge is -2.16. The summed E-state index contributed by atoms with van der Waals surface area (Å²) in [4.78, 5) is 0. The van der Waals surface area contributed by atoms with Crippen molar-refractivity contribution >= 4 is 0 Å². The van der Waals surface area contributed by atoms with Crippen LogP contribution in [0.15, 0.2) is 18.2 Å². The third kappa shape index (κ3) is 0.950. The van der Waals surface area contributed by atoms with Gasteiger partial charge in [-0.25, -0.2) is 0 Å². The summed E-state index contributed by atoms with van der Waals surface area (Å²) in [5.74, 6) is 1.28. The molecule has 0 saturated heterocycles. The number of ether oxygens (including phenoxy) is 1. The van der Waals surface area contributed by atoms with Gasteiger partial charge in [-0.3, -0.25) is 0 Å². The summed E-state index contributed by atoms with van der Waals surface area (Å²) >= 11 is 0. The van der Waals surface area contributed by atoms with E-state index in [0.717, 1.165) is 17.5 Å². The summed E-state index contributed by atoms with van der Waals surface area (Å²) in [6.45, 7) is 0. The summed E-state index contributed by atoms with van der Waals surface area (Å²) in [6.07, 6.45) is 5.15. The SMILES string of the molecule is COc1cc(O)c2c(c1O)C1C=CC2C1. The highest BCUT2D eigenvalue weighted by molar-refractivity contribution is 5.64. The van der Waals surface area contributed by atoms with E-state index in [0.29, 0.717) is 5.75 Å². The van der Waals surface area contributed by atoms with Crippen LogP contribution in [0.5, 0.6) is 17.2 Å². The van der Waals surface area contributed by atoms with Gasteiger partial charge in [0.1, 0.15) is 5.75 Å². The molecule has 2 N–H and O–H groups in total. The summed E-state index contributed by atoms with van der Waals surface area (Å²) < 4.78 is 5.02. The lowest BCUT2D eigenvalue weighted by Crippen LogP contribution is -1.96. The summed E-state index contributed by atoms with van der Waals surface area (Å²) in [6, 6.07) is 1.49. The number of benzene rings is 1. The van der Waals surface area contributed by atoms with E-state index in [9.17, 15) is 10.2 Å². The largest absolute Gasteiger partial charge is 0.507 e. The second kappa shape index (κ2) is 2.69. The quantitative estimate of drug-likeness (QED) is 0.545. The maximum Gasteiger partial charge on any atom is 0.164 e. The van der Waals surface area contributed by atoms with Gasteiger partial charge in [-0.15, -0.1) is 0 Å². The van der Waals surface area contributed by atoms with E-state index in [-0.39, 0.29) is 23.3 Å². The first-order valence-electron chi connectivity index (χ1n) is 5.03. The molecule has 78 valence electrons. The van der Waals surface area contributed by atoms with Gasteiger partial charge in [-0.1, -0.05) is 12.2 Å². The van der Waals surface area contributed by atoms with Crippen LogP contribution >= 0.6 is 0 Å². The first-order chi connectivity index (χ1) is 7.22. The fourth-order valence-corrected chi connectivity index (χ4v) is 2.72. The van der Waals surface area contributed by atoms with Crippen molar-refractivity contribution < 1.29 is 14.9 Å². The third-order valence-corrected chi connectivity index (χ3v) is 3.37. The van der Waals surface area contributed by atoms with Crippen LogP contribution in [0.3, 0.4) is 0 Å². The molecule has 0 saturated carbocycles. The number of rotatable bonds is 1. The minimum absolute atomic E-state index is 0.183. The van der Waals surface area contributed by atoms with Crippen LogP contribution in [-0.4, -0.2) is 17.3 Å². The van der Waals surface area contributed by atoms with Gasteiger partial charge in [0, 0.05) is 29.0 Å². The molecule has 3 heteroatoms. The molecule has 2 aliphatic rings. The van der Waals surface area contributed by atoms with Crippen LogP contribution in [0, 0.1) is 0 Å². The fraction of sp³-hybridized carbons (Fsp3) is 0.333. The van der Waals surface area contributed by atoms with Gasteiger partial charge in [0.05, 0.1) is 7.11 Å². The summed E-state index contributed by atoms with van der Waals surface area (Å²) in [7, 11) is 1.49. The van der Waals surface area contributed by atoms with Gasteiger partial charge in [0.2, 0.25) is 0 Å². The molecular formula is C12H12O3. The minimum Gasteiger partial charge on any atom is -0.507 e. The van der Waals surface area contributed by atoms with Crippen molar-refractivity contribution in [3.8, 4) is 17.2 Å². The molecule has 2 aliphatic carbocycles. The van der Waals surface area contributed by atoms with Crippen molar-refractivity contribution in [3.05, 3.63) is 29.3 Å². The Morgan fingerprint density at radius 2 is 1.87 bits per heavy atom. The second-order valence-corrected chi connectivity index (χ2v) is 4.11. The predicted octanol–water partition coefficient (Wildman–Crippen LogP) is 2.25. The van der Waals surface area contributed by atoms with E-state index in [1.54, 1.807) is 0 Å². The molecule has 15 heavy (non-hydrogen) atoms. The summed E-state index contributed by atoms with van der Waals surface area (Å²) in [5.41, 5.74) is 1.72. The first kappa shape index (κ1) is 8.65. The van der Waals surface area contributed by atoms with Crippen molar-refractivity contribution in [3.63, 3.8) is 0 Å². The molecule has 0 aliphatic heterocycles. The lowest BCUT2D eigenvalue weighted by molar-refractivity contribution is 0.364. The van der Waals surface area contributed by atoms with Gasteiger partial charge in [0.25, 0.3) is 0 Å². The Hall–Kier alpha value is -1.64. The third-order valence-electron chi connectivity index (χ3n) is 3.37. The Kier molecular flexibility index (Phi) is 1.55. The molecule has 1 aromatic rings. The number of fused-ring (bicyclic) bond motifs is 5. The van der Waals surface area contributed by atoms with Crippen LogP contribution in [0.2, 0.25) is 0 Å². The van der Waals surface area contributed by atoms with Gasteiger partial charge >= 0.3 is 0 Å². The van der Waals surface area contributed by atoms with Gasteiger partial charge in [0.15, 0.2) is 11.5 Å². The zero-order chi connectivity index (χ0) is 10.6. The first-order valence-corrected chi connectivity index (χ1v) is 5.03. The molecule has 0 fully saturated rings. The van der Waals surface area contributed by atoms with Crippen LogP contribution < -0.4 is 4.74 Å². The van der Waals surface area contributed by atoms with Crippen LogP contribution in [-0.2, 0) is 0 Å². The molecule has 0 heterocycles. The Labute approximate surface area is 87.6 Å². The van der Waals surface area contributed by atoms with E-state index < -0.39 is 0 Å². The maximum atomic E-state index is 9.99. The van der Waals surface area contributed by atoms with Crippen LogP contribution in [0.4, 0.5) is 0 Å². The molecule has 2 atom stereocenters. The molecule has 0 radical (unpaired) electrons. The van der Waals surface area contributed by atoms with E-state index in [4.69, 9.17) is 4.74 Å². The second-order valence-electron chi connectivity index (χ2n) is 4.11. The minimum atomic E-state index is 0.183. The van der Waals surface area contributed by atoms with E-state index in [2.05, 4.69) is 12.2 Å². The van der Waals surface area contributed by atoms with Crippen molar-refractivity contribution in [2.24, 2.45) is 0 Å². The molecule has 1 aromatic carbocycles. The number of phenols is 2. The van der Waals surface area contributed by atoms with Crippen molar-refractivity contribution in [1.29, 1.82) is 0 Å². The average molecular weight is 204 g/mol. The standard InChI is InChI=1S/C12H12O3/c1-15-9-5-8(13)10-6-2-3-7(4-6)11(10)12(9)14/h2-3,5-7,13-14H,4H2,1H3. The molecule has 0 amide bonds. The van der Waals surface area contributed by atoms with E-state index in [1.807, 2.05) is 0 Å². The predicted molar refractivity (Wildman–Crippen MR) is 55.6 cm³/mol. The lowest BCUT2D eigenvalue weighted by atomic mass is 9.94. The number of hydrogen-bond donors (Lipinski definition) is 2. The van der Waals surface area contributed by atoms with Gasteiger partial charge < -0.3 is 14.9 Å². The van der Waals surface area contributed by atoms with Crippen molar-refractivity contribution in [2.45, 2.75) is 18.3 Å². The number of phenolic OH excluding ortho intramolecular Hbond substituents is 2. The number of methoxy groups -OCH3 is 1. The maximum absolute atomic E-state index is 9.99. The van der Waals surface area contributed by atoms with Crippen molar-refractivity contribution in [2.75, 3.05) is 7.11 Å². The molecule has 0 aromatic heterocycles. The van der Waals surface area contributed by atoms with Crippen LogP contribution in [0.1, 0.15) is 29.4 Å². The van der Waals surface area contributed by atoms with Gasteiger partial charge in [-0.2, -0.15) is 0 Å². The molecule has 3 nitrogen and oxygen atoms in total. The highest BCUT2D eigenvalue weighted by Gasteiger charge is 2.38. The number of hydrogen-bond acceptors (Lipinski definition) is 3. The fourth-order valence-electron chi connectivity index (χ4n) is 2.72. The van der Waals surface area contributed by atoms with Crippen molar-refractivity contribution in [1.82, 2.24) is 0 Å². The molecule has 2 bridgehead atoms. The topological polar surface area (TPSA) is 49.7 Å². The molecule has 3 rings (SSSR count). The Morgan fingerprint density at radius 1 is 1.20 bits per heavy atom. The zero-order valence-corrected chi connectivity index (χ0v) is 8.40. The number of aromatic hydroxyl groups is 2. The smallest absolute Gasteiger partial charge is 0.164 e. The molecule has 2 unspecified atom stereocenters. The van der Waals surface area contributed by atoms with E-state index in [1.165, 1.54) is 13.2 Å². The van der Waals surface area contributed by atoms with E-state index >= 15 is 0 Å². The Balaban J connectivity index is 2.28. The number of allylic oxidation sites excluding steroid dienone is 2. The monoisotopic (exact) mass is 204 g/mol. The zero-order valence-electron chi connectivity index (χ0n) is 8.40. The van der Waals surface area contributed by atoms with Gasteiger partial charge in [-0.05, 0) is 6.42 Å². The van der Waals surface area contributed by atoms with Crippen LogP contribution in [0.25, 0.3) is 0 Å². The Bertz CT molecular complexity index is 462. The highest BCUT2D eigenvalue weighted by Crippen LogP contribution is 2.56. The highest BCUT2D eigenvalue weighted by atomic mass is 16.5.